The Morgan fingerprint density at radius 2 is 1.57 bits per heavy atom. The molecule has 15 nitrogen and oxygen atoms in total. The number of amides is 1. The number of oxime groups is 1. The lowest BCUT2D eigenvalue weighted by Crippen LogP contribution is -2.70. The summed E-state index contributed by atoms with van der Waals surface area (Å²) in [6.07, 6.45) is 7.51. The molecule has 1 amide bonds. The van der Waals surface area contributed by atoms with Crippen LogP contribution in [0.5, 0.6) is 34.5 Å². The van der Waals surface area contributed by atoms with E-state index in [1.54, 1.807) is 17.0 Å². The molecule has 5 aromatic rings. The third-order valence-corrected chi connectivity index (χ3v) is 14.3. The van der Waals surface area contributed by atoms with Crippen molar-refractivity contribution in [1.82, 2.24) is 4.90 Å². The maximum Gasteiger partial charge on any atom is 0.416 e. The molecule has 2 N–H and O–H groups in total. The number of hydrogen-bond acceptors (Lipinski definition) is 13. The monoisotopic (exact) mass is 979 g/mol. The number of aliphatic hydroxyl groups is 2. The Hall–Kier alpha value is -7.20. The van der Waals surface area contributed by atoms with E-state index in [1.165, 1.54) is 24.3 Å². The van der Waals surface area contributed by atoms with Crippen LogP contribution in [-0.4, -0.2) is 70.3 Å². The van der Waals surface area contributed by atoms with Gasteiger partial charge in [0.1, 0.15) is 35.6 Å². The Morgan fingerprint density at radius 3 is 2.32 bits per heavy atom. The van der Waals surface area contributed by atoms with Crippen molar-refractivity contribution in [3.05, 3.63) is 171 Å². The van der Waals surface area contributed by atoms with Crippen LogP contribution in [0.4, 0.5) is 10.5 Å². The Balaban J connectivity index is 1.25. The molecule has 9 rings (SSSR count). The average Bonchev–Trinajstić information content (AvgIpc) is 3.86. The Labute approximate surface area is 419 Å². The van der Waals surface area contributed by atoms with Crippen molar-refractivity contribution in [2.45, 2.75) is 89.7 Å². The number of allylic oxidation sites excluding steroid dienone is 1. The predicted octanol–water partition coefficient (Wildman–Crippen LogP) is 11.3. The molecule has 2 aliphatic heterocycles. The number of non-ortho nitro benzene ring substituents is 1. The first-order valence-electron chi connectivity index (χ1n) is 24.7. The van der Waals surface area contributed by atoms with E-state index < -0.39 is 28.8 Å². The number of carbonyl (C=O) groups excluding carboxylic acids is 1. The van der Waals surface area contributed by atoms with Gasteiger partial charge in [-0.3, -0.25) is 15.0 Å². The van der Waals surface area contributed by atoms with E-state index in [1.807, 2.05) is 72.8 Å². The summed E-state index contributed by atoms with van der Waals surface area (Å²) in [5.41, 5.74) is 6.05. The molecule has 5 aromatic carbocycles. The molecular formula is C57H61N3O12. The Kier molecular flexibility index (Phi) is 15.5. The summed E-state index contributed by atoms with van der Waals surface area (Å²) in [5, 5.41) is 36.8. The first-order chi connectivity index (χ1) is 35.1. The minimum absolute atomic E-state index is 0.00779. The van der Waals surface area contributed by atoms with Crippen LogP contribution in [0.2, 0.25) is 0 Å². The van der Waals surface area contributed by atoms with Gasteiger partial charge in [0.25, 0.3) is 5.69 Å². The molecule has 2 heterocycles. The molecule has 0 saturated heterocycles. The molecule has 1 saturated carbocycles. The highest BCUT2D eigenvalue weighted by Crippen LogP contribution is 2.62. The Bertz CT molecular complexity index is 2800. The lowest BCUT2D eigenvalue weighted by atomic mass is 9.55. The highest BCUT2D eigenvalue weighted by Gasteiger charge is 2.66. The summed E-state index contributed by atoms with van der Waals surface area (Å²) in [7, 11) is 0. The molecule has 376 valence electrons. The van der Waals surface area contributed by atoms with Crippen molar-refractivity contribution in [3.63, 3.8) is 0 Å². The second kappa shape index (κ2) is 22.5. The summed E-state index contributed by atoms with van der Waals surface area (Å²) in [5.74, 6) is 0.404. The zero-order chi connectivity index (χ0) is 50.2. The van der Waals surface area contributed by atoms with Crippen LogP contribution in [0.25, 0.3) is 0 Å². The molecule has 15 heteroatoms. The molecule has 6 unspecified atom stereocenters. The second-order valence-corrected chi connectivity index (χ2v) is 18.8. The first kappa shape index (κ1) is 49.8. The minimum atomic E-state index is -1.62. The Morgan fingerprint density at radius 1 is 0.847 bits per heavy atom. The number of hydrogen-bond donors (Lipinski definition) is 2. The van der Waals surface area contributed by atoms with Crippen molar-refractivity contribution in [1.29, 1.82) is 0 Å². The molecule has 2 aliphatic carbocycles. The van der Waals surface area contributed by atoms with E-state index in [2.05, 4.69) is 32.6 Å². The van der Waals surface area contributed by atoms with E-state index in [0.29, 0.717) is 52.9 Å². The van der Waals surface area contributed by atoms with Crippen molar-refractivity contribution in [3.8, 4) is 34.5 Å². The molecule has 72 heavy (non-hydrogen) atoms. The van der Waals surface area contributed by atoms with E-state index in [9.17, 15) is 20.3 Å². The van der Waals surface area contributed by atoms with Gasteiger partial charge in [-0.1, -0.05) is 72.6 Å². The van der Waals surface area contributed by atoms with Gasteiger partial charge in [-0.15, -0.1) is 6.58 Å². The quantitative estimate of drug-likeness (QED) is 0.0308. The van der Waals surface area contributed by atoms with Crippen LogP contribution >= 0.6 is 0 Å². The van der Waals surface area contributed by atoms with E-state index in [0.717, 1.165) is 53.5 Å². The number of unbranched alkanes of at least 4 members (excludes halogenated alkanes) is 2. The van der Waals surface area contributed by atoms with Crippen LogP contribution in [-0.2, 0) is 22.7 Å². The summed E-state index contributed by atoms with van der Waals surface area (Å²) < 4.78 is 38.9. The highest BCUT2D eigenvalue weighted by atomic mass is 16.7. The third-order valence-electron chi connectivity index (χ3n) is 14.3. The van der Waals surface area contributed by atoms with Gasteiger partial charge >= 0.3 is 6.09 Å². The summed E-state index contributed by atoms with van der Waals surface area (Å²) in [6.45, 7) is 8.53. The van der Waals surface area contributed by atoms with Gasteiger partial charge in [0.15, 0.2) is 11.5 Å². The highest BCUT2D eigenvalue weighted by molar-refractivity contribution is 6.03. The van der Waals surface area contributed by atoms with Crippen LogP contribution < -0.4 is 23.7 Å². The minimum Gasteiger partial charge on any atom is -0.459 e. The van der Waals surface area contributed by atoms with Crippen molar-refractivity contribution < 1.29 is 53.2 Å². The number of nitro benzene ring substituents is 1. The summed E-state index contributed by atoms with van der Waals surface area (Å²) in [6, 6.07) is 31.4. The van der Waals surface area contributed by atoms with Crippen LogP contribution in [0.15, 0.2) is 139 Å². The maximum atomic E-state index is 15.3. The van der Waals surface area contributed by atoms with Gasteiger partial charge < -0.3 is 43.5 Å². The number of carbonyl (C=O) groups is 1. The molecule has 0 bridgehead atoms. The lowest BCUT2D eigenvalue weighted by molar-refractivity contribution is -0.384. The van der Waals surface area contributed by atoms with E-state index in [4.69, 9.17) is 38.4 Å². The zero-order valence-corrected chi connectivity index (χ0v) is 40.7. The normalized spacial score (nSPS) is 21.9. The standard InChI is InChI=1S/C57H61N3O12/c1-4-28-68-57-53(59(34-40-17-24-51-52(30-40)67-36-66-51)56(63)71-43-21-18-42(19-22-43)60(64)65)33-49(58-69-35-39-12-6-5-7-13-39)47-31-41(14-8-10-26-61)46(15-9-11-27-62)54(55(47)57)48-32-45(23-25-50(48)72-57)70-44-20-16-37(2)38(3)29-44/h4-7,12-13,16-25,29-32,41,46,53-55,61-62H,1,8-11,14-15,26-28,33-36H2,2-3H3. The molecule has 0 radical (unpaired) electrons. The molecular weight excluding hydrogens is 919 g/mol. The molecule has 1 fully saturated rings. The molecule has 0 spiro atoms. The fourth-order valence-corrected chi connectivity index (χ4v) is 10.7. The van der Waals surface area contributed by atoms with Crippen LogP contribution in [0, 0.1) is 41.7 Å². The fourth-order valence-electron chi connectivity index (χ4n) is 10.7. The lowest BCUT2D eigenvalue weighted by Gasteiger charge is -2.59. The number of fused-ring (bicyclic) bond motifs is 3. The largest absolute Gasteiger partial charge is 0.459 e. The fraction of sp³-hybridized carbons (Fsp3) is 0.368. The molecule has 4 aliphatic rings. The van der Waals surface area contributed by atoms with Gasteiger partial charge in [-0.05, 0) is 134 Å². The smallest absolute Gasteiger partial charge is 0.416 e. The topological polar surface area (TPSA) is 181 Å². The second-order valence-electron chi connectivity index (χ2n) is 18.8. The number of nitrogens with zero attached hydrogens (tertiary/aromatic N) is 3. The number of benzene rings is 5. The van der Waals surface area contributed by atoms with Gasteiger partial charge in [0.05, 0.1) is 23.2 Å². The molecule has 6 atom stereocenters. The van der Waals surface area contributed by atoms with Gasteiger partial charge in [-0.25, -0.2) is 4.79 Å². The number of nitro groups is 1. The van der Waals surface area contributed by atoms with Crippen molar-refractivity contribution >= 4 is 17.5 Å². The van der Waals surface area contributed by atoms with Crippen molar-refractivity contribution in [2.75, 3.05) is 26.6 Å². The number of aryl methyl sites for hydroxylation is 2. The summed E-state index contributed by atoms with van der Waals surface area (Å²) >= 11 is 0. The summed E-state index contributed by atoms with van der Waals surface area (Å²) in [4.78, 5) is 34.3. The van der Waals surface area contributed by atoms with E-state index in [-0.39, 0.29) is 75.4 Å². The third kappa shape index (κ3) is 10.7. The van der Waals surface area contributed by atoms with Crippen LogP contribution in [0.3, 0.4) is 0 Å². The predicted molar refractivity (Wildman–Crippen MR) is 269 cm³/mol. The first-order valence-corrected chi connectivity index (χ1v) is 24.7. The van der Waals surface area contributed by atoms with Crippen LogP contribution in [0.1, 0.15) is 78.7 Å². The number of aliphatic hydroxyl groups excluding tert-OH is 2. The SMILES string of the molecule is C=CCOC12Oc3ccc(Oc4ccc(C)c(C)c4)cc3C3C(CCCCO)C(CCCCO)C=C(C(=NOCc4ccccc4)CC1N(Cc1ccc4c(c1)OCO4)C(=O)Oc1ccc([N+](=O)[O-])cc1)C32. The average molecular weight is 980 g/mol. The molecule has 0 aromatic heterocycles. The number of rotatable bonds is 21. The van der Waals surface area contributed by atoms with Gasteiger partial charge in [0.2, 0.25) is 12.6 Å². The zero-order valence-electron chi connectivity index (χ0n) is 40.7. The number of ether oxygens (including phenoxy) is 6. The van der Waals surface area contributed by atoms with Gasteiger partial charge in [0, 0.05) is 49.8 Å². The maximum absolute atomic E-state index is 15.3. The van der Waals surface area contributed by atoms with E-state index >= 15 is 4.79 Å². The van der Waals surface area contributed by atoms with Crippen molar-refractivity contribution in [2.24, 2.45) is 22.9 Å². The van der Waals surface area contributed by atoms with Gasteiger partial charge in [-0.2, -0.15) is 0 Å².